The van der Waals surface area contributed by atoms with Crippen LogP contribution in [0.4, 0.5) is 5.13 Å². The van der Waals surface area contributed by atoms with Gasteiger partial charge in [-0.2, -0.15) is 0 Å². The molecule has 0 aliphatic heterocycles. The van der Waals surface area contributed by atoms with E-state index in [0.29, 0.717) is 16.2 Å². The van der Waals surface area contributed by atoms with Gasteiger partial charge in [0.15, 0.2) is 5.13 Å². The van der Waals surface area contributed by atoms with E-state index in [1.54, 1.807) is 0 Å². The lowest BCUT2D eigenvalue weighted by molar-refractivity contribution is -0.113. The summed E-state index contributed by atoms with van der Waals surface area (Å²) in [6.45, 7) is 0. The first-order valence-electron chi connectivity index (χ1n) is 7.55. The number of nitrogens with zero attached hydrogens (tertiary/aromatic N) is 3. The number of hydrogen-bond donors (Lipinski definition) is 1. The van der Waals surface area contributed by atoms with E-state index in [0.717, 1.165) is 20.3 Å². The second kappa shape index (κ2) is 7.56. The van der Waals surface area contributed by atoms with E-state index >= 15 is 0 Å². The zero-order chi connectivity index (χ0) is 17.9. The fourth-order valence-corrected chi connectivity index (χ4v) is 4.06. The Morgan fingerprint density at radius 1 is 1.19 bits per heavy atom. The Labute approximate surface area is 165 Å². The van der Waals surface area contributed by atoms with Crippen LogP contribution in [0.25, 0.3) is 21.7 Å². The number of halogens is 1. The standard InChI is InChI=1S/C17H11BrN4O2S2/c18-11-5-3-4-10(8-11)15-21-22-17(24-15)25-9-14(23)20-16-19-12-6-1-2-7-13(12)26-16/h1-8H,9H2,(H,19,20,23). The fourth-order valence-electron chi connectivity index (χ4n) is 2.21. The number of amides is 1. The maximum Gasteiger partial charge on any atom is 0.277 e. The minimum Gasteiger partial charge on any atom is -0.411 e. The smallest absolute Gasteiger partial charge is 0.277 e. The van der Waals surface area contributed by atoms with Crippen molar-refractivity contribution in [1.29, 1.82) is 0 Å². The maximum atomic E-state index is 12.1. The number of para-hydroxylation sites is 1. The molecule has 0 aliphatic carbocycles. The average Bonchev–Trinajstić information content (AvgIpc) is 3.26. The highest BCUT2D eigenvalue weighted by Crippen LogP contribution is 2.27. The van der Waals surface area contributed by atoms with Crippen LogP contribution in [-0.4, -0.2) is 26.8 Å². The number of carbonyl (C=O) groups is 1. The molecule has 1 N–H and O–H groups in total. The van der Waals surface area contributed by atoms with Gasteiger partial charge in [-0.25, -0.2) is 4.98 Å². The van der Waals surface area contributed by atoms with Gasteiger partial charge in [0.1, 0.15) is 0 Å². The van der Waals surface area contributed by atoms with Gasteiger partial charge in [0.25, 0.3) is 5.22 Å². The molecule has 2 aromatic carbocycles. The van der Waals surface area contributed by atoms with E-state index in [4.69, 9.17) is 4.42 Å². The highest BCUT2D eigenvalue weighted by molar-refractivity contribution is 9.10. The summed E-state index contributed by atoms with van der Waals surface area (Å²) in [4.78, 5) is 16.5. The number of aromatic nitrogens is 3. The second-order valence-electron chi connectivity index (χ2n) is 5.21. The van der Waals surface area contributed by atoms with Crippen LogP contribution in [0.5, 0.6) is 0 Å². The molecule has 2 heterocycles. The van der Waals surface area contributed by atoms with Crippen molar-refractivity contribution in [3.8, 4) is 11.5 Å². The van der Waals surface area contributed by atoms with Crippen LogP contribution < -0.4 is 5.32 Å². The summed E-state index contributed by atoms with van der Waals surface area (Å²) >= 11 is 6.04. The van der Waals surface area contributed by atoms with Gasteiger partial charge in [0, 0.05) is 10.0 Å². The van der Waals surface area contributed by atoms with Crippen LogP contribution >= 0.6 is 39.0 Å². The summed E-state index contributed by atoms with van der Waals surface area (Å²) in [5.74, 6) is 0.410. The van der Waals surface area contributed by atoms with Crippen LogP contribution in [0, 0.1) is 0 Å². The number of fused-ring (bicyclic) bond motifs is 1. The van der Waals surface area contributed by atoms with Crippen molar-refractivity contribution < 1.29 is 9.21 Å². The monoisotopic (exact) mass is 446 g/mol. The molecule has 4 rings (SSSR count). The maximum absolute atomic E-state index is 12.1. The Kier molecular flexibility index (Phi) is 5.00. The Morgan fingerprint density at radius 3 is 2.92 bits per heavy atom. The van der Waals surface area contributed by atoms with E-state index < -0.39 is 0 Å². The minimum absolute atomic E-state index is 0.163. The van der Waals surface area contributed by atoms with Crippen LogP contribution in [0.2, 0.25) is 0 Å². The molecular formula is C17H11BrN4O2S2. The third-order valence-corrected chi connectivity index (χ3v) is 5.61. The van der Waals surface area contributed by atoms with Gasteiger partial charge in [0.2, 0.25) is 11.8 Å². The molecule has 0 fully saturated rings. The van der Waals surface area contributed by atoms with E-state index in [9.17, 15) is 4.79 Å². The number of benzene rings is 2. The van der Waals surface area contributed by atoms with Crippen molar-refractivity contribution >= 4 is 60.3 Å². The summed E-state index contributed by atoms with van der Waals surface area (Å²) in [5, 5.41) is 11.7. The normalized spacial score (nSPS) is 11.0. The van der Waals surface area contributed by atoms with Crippen LogP contribution in [0.1, 0.15) is 0 Å². The van der Waals surface area contributed by atoms with Crippen molar-refractivity contribution in [3.63, 3.8) is 0 Å². The Balaban J connectivity index is 1.37. The summed E-state index contributed by atoms with van der Waals surface area (Å²) in [7, 11) is 0. The molecule has 6 nitrogen and oxygen atoms in total. The molecule has 0 saturated heterocycles. The zero-order valence-electron chi connectivity index (χ0n) is 13.2. The van der Waals surface area contributed by atoms with Crippen LogP contribution in [-0.2, 0) is 4.79 Å². The number of thiazole rings is 1. The molecular weight excluding hydrogens is 436 g/mol. The number of carbonyl (C=O) groups excluding carboxylic acids is 1. The number of hydrogen-bond acceptors (Lipinski definition) is 7. The lowest BCUT2D eigenvalue weighted by Crippen LogP contribution is -2.13. The molecule has 9 heteroatoms. The molecule has 1 amide bonds. The molecule has 4 aromatic rings. The predicted octanol–water partition coefficient (Wildman–Crippen LogP) is 4.84. The van der Waals surface area contributed by atoms with Crippen molar-refractivity contribution in [1.82, 2.24) is 15.2 Å². The molecule has 0 radical (unpaired) electrons. The van der Waals surface area contributed by atoms with Gasteiger partial charge in [-0.1, -0.05) is 57.2 Å². The number of rotatable bonds is 5. The Bertz CT molecular complexity index is 1050. The largest absolute Gasteiger partial charge is 0.411 e. The molecule has 0 aliphatic rings. The summed E-state index contributed by atoms with van der Waals surface area (Å²) in [5.41, 5.74) is 1.69. The van der Waals surface area contributed by atoms with Crippen molar-refractivity contribution in [3.05, 3.63) is 53.0 Å². The molecule has 0 bridgehead atoms. The number of thioether (sulfide) groups is 1. The highest BCUT2D eigenvalue weighted by Gasteiger charge is 2.13. The van der Waals surface area contributed by atoms with E-state index in [-0.39, 0.29) is 11.7 Å². The van der Waals surface area contributed by atoms with Crippen molar-refractivity contribution in [2.75, 3.05) is 11.1 Å². The van der Waals surface area contributed by atoms with Gasteiger partial charge >= 0.3 is 0 Å². The van der Waals surface area contributed by atoms with Gasteiger partial charge in [0.05, 0.1) is 16.0 Å². The Morgan fingerprint density at radius 2 is 2.08 bits per heavy atom. The first kappa shape index (κ1) is 17.2. The zero-order valence-corrected chi connectivity index (χ0v) is 16.4. The lowest BCUT2D eigenvalue weighted by atomic mass is 10.2. The summed E-state index contributed by atoms with van der Waals surface area (Å²) < 4.78 is 7.56. The van der Waals surface area contributed by atoms with Crippen LogP contribution in [0.3, 0.4) is 0 Å². The summed E-state index contributed by atoms with van der Waals surface area (Å²) in [6.07, 6.45) is 0. The molecule has 2 aromatic heterocycles. The number of nitrogens with one attached hydrogen (secondary N) is 1. The molecule has 0 saturated carbocycles. The molecule has 130 valence electrons. The lowest BCUT2D eigenvalue weighted by Gasteiger charge is -1.98. The first-order valence-corrected chi connectivity index (χ1v) is 10.1. The third kappa shape index (κ3) is 3.95. The number of anilines is 1. The summed E-state index contributed by atoms with van der Waals surface area (Å²) in [6, 6.07) is 15.3. The molecule has 0 atom stereocenters. The molecule has 0 unspecified atom stereocenters. The SMILES string of the molecule is O=C(CSc1nnc(-c2cccc(Br)c2)o1)Nc1nc2ccccc2s1. The van der Waals surface area contributed by atoms with Gasteiger partial charge in [-0.05, 0) is 30.3 Å². The average molecular weight is 447 g/mol. The van der Waals surface area contributed by atoms with E-state index in [2.05, 4.69) is 36.4 Å². The van der Waals surface area contributed by atoms with Gasteiger partial charge in [-0.3, -0.25) is 4.79 Å². The van der Waals surface area contributed by atoms with Crippen LogP contribution in [0.15, 0.2) is 62.6 Å². The molecule has 26 heavy (non-hydrogen) atoms. The molecule has 0 spiro atoms. The van der Waals surface area contributed by atoms with E-state index in [1.807, 2.05) is 48.5 Å². The topological polar surface area (TPSA) is 80.9 Å². The first-order chi connectivity index (χ1) is 12.7. The minimum atomic E-state index is -0.170. The third-order valence-electron chi connectivity index (χ3n) is 3.35. The highest BCUT2D eigenvalue weighted by atomic mass is 79.9. The second-order valence-corrected chi connectivity index (χ2v) is 8.08. The quantitative estimate of drug-likeness (QED) is 0.441. The van der Waals surface area contributed by atoms with Gasteiger partial charge < -0.3 is 9.73 Å². The fraction of sp³-hybridized carbons (Fsp3) is 0.0588. The van der Waals surface area contributed by atoms with E-state index in [1.165, 1.54) is 23.1 Å². The van der Waals surface area contributed by atoms with Gasteiger partial charge in [-0.15, -0.1) is 10.2 Å². The van der Waals surface area contributed by atoms with Crippen molar-refractivity contribution in [2.24, 2.45) is 0 Å². The van der Waals surface area contributed by atoms with Crippen molar-refractivity contribution in [2.45, 2.75) is 5.22 Å². The Hall–Kier alpha value is -2.23. The predicted molar refractivity (Wildman–Crippen MR) is 106 cm³/mol.